The summed E-state index contributed by atoms with van der Waals surface area (Å²) in [7, 11) is 2.12. The molecule has 1 heterocycles. The van der Waals surface area contributed by atoms with Gasteiger partial charge in [-0.1, -0.05) is 24.3 Å². The van der Waals surface area contributed by atoms with E-state index in [4.69, 9.17) is 0 Å². The molecule has 0 unspecified atom stereocenters. The zero-order valence-corrected chi connectivity index (χ0v) is 16.5. The van der Waals surface area contributed by atoms with Crippen molar-refractivity contribution in [1.82, 2.24) is 5.43 Å². The molecule has 2 aromatic carbocycles. The van der Waals surface area contributed by atoms with Gasteiger partial charge in [-0.3, -0.25) is 0 Å². The summed E-state index contributed by atoms with van der Waals surface area (Å²) in [4.78, 5) is 14.2. The van der Waals surface area contributed by atoms with Gasteiger partial charge in [-0.15, -0.1) is 0 Å². The molecule has 5 nitrogen and oxygen atoms in total. The number of amides is 2. The molecule has 5 heteroatoms. The molecule has 0 saturated carbocycles. The van der Waals surface area contributed by atoms with Crippen molar-refractivity contribution in [3.63, 3.8) is 0 Å². The van der Waals surface area contributed by atoms with E-state index in [1.165, 1.54) is 16.8 Å². The Kier molecular flexibility index (Phi) is 5.04. The lowest BCUT2D eigenvalue weighted by Gasteiger charge is -2.41. The number of likely N-dealkylation sites (N-methyl/N-ethyl adjacent to an activating group) is 1. The van der Waals surface area contributed by atoms with E-state index >= 15 is 0 Å². The molecule has 0 fully saturated rings. The number of fused-ring (bicyclic) bond motifs is 1. The second-order valence-electron chi connectivity index (χ2n) is 7.46. The number of anilines is 2. The number of nitrogens with zero attached hydrogens (tertiary/aromatic N) is 2. The highest BCUT2D eigenvalue weighted by molar-refractivity contribution is 5.92. The smallest absolute Gasteiger partial charge is 0.339 e. The van der Waals surface area contributed by atoms with Crippen LogP contribution in [0, 0.1) is 6.92 Å². The Morgan fingerprint density at radius 2 is 1.85 bits per heavy atom. The summed E-state index contributed by atoms with van der Waals surface area (Å²) in [5.74, 6) is 0. The molecule has 140 valence electrons. The summed E-state index contributed by atoms with van der Waals surface area (Å²) < 4.78 is 0. The fourth-order valence-electron chi connectivity index (χ4n) is 3.30. The maximum Gasteiger partial charge on any atom is 0.339 e. The van der Waals surface area contributed by atoms with Crippen LogP contribution < -0.4 is 15.6 Å². The predicted octanol–water partition coefficient (Wildman–Crippen LogP) is 4.78. The van der Waals surface area contributed by atoms with Crippen molar-refractivity contribution in [2.24, 2.45) is 5.10 Å². The van der Waals surface area contributed by atoms with Gasteiger partial charge in [-0.2, -0.15) is 5.10 Å². The molecule has 0 aliphatic carbocycles. The molecule has 2 amide bonds. The Hall–Kier alpha value is -3.08. The lowest BCUT2D eigenvalue weighted by Crippen LogP contribution is -2.42. The summed E-state index contributed by atoms with van der Waals surface area (Å²) in [5.41, 5.74) is 8.97. The maximum atomic E-state index is 11.9. The number of hydrogen-bond donors (Lipinski definition) is 2. The zero-order chi connectivity index (χ0) is 19.6. The number of aryl methyl sites for hydroxylation is 1. The first kappa shape index (κ1) is 18.7. The minimum Gasteiger partial charge on any atom is -0.365 e. The third-order valence-electron chi connectivity index (χ3n) is 5.01. The summed E-state index contributed by atoms with van der Waals surface area (Å²) in [6.07, 6.45) is 3.96. The van der Waals surface area contributed by atoms with Crippen LogP contribution in [0.3, 0.4) is 0 Å². The van der Waals surface area contributed by atoms with Crippen LogP contribution in [0.2, 0.25) is 0 Å². The van der Waals surface area contributed by atoms with Gasteiger partial charge in [0.15, 0.2) is 0 Å². The Balaban J connectivity index is 1.76. The molecule has 0 saturated heterocycles. The number of rotatable bonds is 3. The van der Waals surface area contributed by atoms with Crippen LogP contribution in [-0.4, -0.2) is 24.8 Å². The molecule has 1 aliphatic rings. The molecular formula is C22H26N4O. The van der Waals surface area contributed by atoms with Gasteiger partial charge in [0.2, 0.25) is 0 Å². The largest absolute Gasteiger partial charge is 0.365 e. The highest BCUT2D eigenvalue weighted by Gasteiger charge is 2.28. The van der Waals surface area contributed by atoms with Gasteiger partial charge < -0.3 is 10.2 Å². The lowest BCUT2D eigenvalue weighted by molar-refractivity contribution is 0.252. The molecular weight excluding hydrogens is 336 g/mol. The number of nitrogens with one attached hydrogen (secondary N) is 2. The van der Waals surface area contributed by atoms with Crippen LogP contribution in [0.15, 0.2) is 53.6 Å². The Bertz CT molecular complexity index is 913. The first-order valence-corrected chi connectivity index (χ1v) is 9.01. The van der Waals surface area contributed by atoms with Crippen molar-refractivity contribution in [3.8, 4) is 0 Å². The summed E-state index contributed by atoms with van der Waals surface area (Å²) in [6, 6.07) is 13.2. The normalized spacial score (nSPS) is 15.3. The molecule has 2 N–H and O–H groups in total. The highest BCUT2D eigenvalue weighted by Crippen LogP contribution is 2.38. The van der Waals surface area contributed by atoms with E-state index in [1.54, 1.807) is 6.21 Å². The average molecular weight is 362 g/mol. The second kappa shape index (κ2) is 7.27. The van der Waals surface area contributed by atoms with Crippen molar-refractivity contribution in [1.29, 1.82) is 0 Å². The van der Waals surface area contributed by atoms with Gasteiger partial charge in [0.25, 0.3) is 0 Å². The van der Waals surface area contributed by atoms with Crippen LogP contribution in [0.1, 0.15) is 37.5 Å². The van der Waals surface area contributed by atoms with Crippen molar-refractivity contribution in [2.45, 2.75) is 33.2 Å². The van der Waals surface area contributed by atoms with Crippen molar-refractivity contribution in [3.05, 3.63) is 65.2 Å². The molecule has 0 spiro atoms. The third kappa shape index (κ3) is 4.03. The standard InChI is InChI=1S/C22H26N4O/c1-15-11-20-19(16(2)13-22(3,4)26(20)5)12-17(15)14-23-25-21(27)24-18-9-7-6-8-10-18/h6-14H,1-5H3,(H2,24,25,27)/b23-14+. The van der Waals surface area contributed by atoms with E-state index in [0.717, 1.165) is 16.8 Å². The molecule has 3 rings (SSSR count). The van der Waals surface area contributed by atoms with E-state index < -0.39 is 0 Å². The molecule has 0 aromatic heterocycles. The van der Waals surface area contributed by atoms with Crippen molar-refractivity contribution in [2.75, 3.05) is 17.3 Å². The second-order valence-corrected chi connectivity index (χ2v) is 7.46. The van der Waals surface area contributed by atoms with Gasteiger partial charge in [-0.25, -0.2) is 10.2 Å². The van der Waals surface area contributed by atoms with Crippen LogP contribution >= 0.6 is 0 Å². The van der Waals surface area contributed by atoms with E-state index in [1.807, 2.05) is 30.3 Å². The molecule has 0 atom stereocenters. The summed E-state index contributed by atoms with van der Waals surface area (Å²) >= 11 is 0. The van der Waals surface area contributed by atoms with Gasteiger partial charge in [0.05, 0.1) is 11.8 Å². The van der Waals surface area contributed by atoms with E-state index in [-0.39, 0.29) is 11.6 Å². The molecule has 0 radical (unpaired) electrons. The van der Waals surface area contributed by atoms with Crippen molar-refractivity contribution >= 4 is 29.2 Å². The number of carbonyl (C=O) groups excluding carboxylic acids is 1. The number of urea groups is 1. The Morgan fingerprint density at radius 3 is 2.56 bits per heavy atom. The van der Waals surface area contributed by atoms with Crippen LogP contribution in [0.4, 0.5) is 16.2 Å². The monoisotopic (exact) mass is 362 g/mol. The quantitative estimate of drug-likeness (QED) is 0.610. The minimum absolute atomic E-state index is 0.0176. The molecule has 1 aliphatic heterocycles. The third-order valence-corrected chi connectivity index (χ3v) is 5.01. The van der Waals surface area contributed by atoms with E-state index in [2.05, 4.69) is 73.7 Å². The molecule has 27 heavy (non-hydrogen) atoms. The topological polar surface area (TPSA) is 56.7 Å². The Labute approximate surface area is 160 Å². The highest BCUT2D eigenvalue weighted by atomic mass is 16.2. The minimum atomic E-state index is -0.370. The number of hydrazone groups is 1. The van der Waals surface area contributed by atoms with Gasteiger partial charge in [0.1, 0.15) is 0 Å². The van der Waals surface area contributed by atoms with E-state index in [0.29, 0.717) is 0 Å². The number of benzene rings is 2. The molecule has 2 aromatic rings. The first-order chi connectivity index (χ1) is 12.8. The van der Waals surface area contributed by atoms with Gasteiger partial charge >= 0.3 is 6.03 Å². The van der Waals surface area contributed by atoms with Gasteiger partial charge in [-0.05, 0) is 68.7 Å². The van der Waals surface area contributed by atoms with Crippen LogP contribution in [-0.2, 0) is 0 Å². The molecule has 0 bridgehead atoms. The lowest BCUT2D eigenvalue weighted by atomic mass is 9.87. The van der Waals surface area contributed by atoms with Crippen LogP contribution in [0.5, 0.6) is 0 Å². The maximum absolute atomic E-state index is 11.9. The number of carbonyl (C=O) groups is 1. The summed E-state index contributed by atoms with van der Waals surface area (Å²) in [6.45, 7) is 8.61. The fraction of sp³-hybridized carbons (Fsp3) is 0.273. The average Bonchev–Trinajstić information content (AvgIpc) is 2.61. The number of hydrogen-bond acceptors (Lipinski definition) is 3. The van der Waals surface area contributed by atoms with Crippen LogP contribution in [0.25, 0.3) is 5.57 Å². The van der Waals surface area contributed by atoms with E-state index in [9.17, 15) is 4.79 Å². The number of para-hydroxylation sites is 1. The predicted molar refractivity (Wildman–Crippen MR) is 114 cm³/mol. The zero-order valence-electron chi connectivity index (χ0n) is 16.5. The summed E-state index contributed by atoms with van der Waals surface area (Å²) in [5, 5.41) is 6.84. The first-order valence-electron chi connectivity index (χ1n) is 9.01. The fourth-order valence-corrected chi connectivity index (χ4v) is 3.30. The Morgan fingerprint density at radius 1 is 1.15 bits per heavy atom. The van der Waals surface area contributed by atoms with Crippen molar-refractivity contribution < 1.29 is 4.79 Å². The SMILES string of the molecule is CC1=CC(C)(C)N(C)c2cc(C)c(/C=N/NC(=O)Nc3ccccc3)cc21. The van der Waals surface area contributed by atoms with Gasteiger partial charge in [0, 0.05) is 24.0 Å². The number of allylic oxidation sites excluding steroid dienone is 1.